The summed E-state index contributed by atoms with van der Waals surface area (Å²) in [5.74, 6) is 0. The number of hydrogen-bond donors (Lipinski definition) is 2. The number of benzene rings is 1. The normalized spacial score (nSPS) is 17.1. The highest BCUT2D eigenvalue weighted by Crippen LogP contribution is 2.14. The zero-order chi connectivity index (χ0) is 14.4. The van der Waals surface area contributed by atoms with E-state index in [1.54, 1.807) is 12.1 Å². The molecule has 0 radical (unpaired) electrons. The number of nitrogens with one attached hydrogen (secondary N) is 1. The SMILES string of the molecule is O=S(=O)(O)c1ccc(NCCCN2CCCCC2)cc1. The fourth-order valence-corrected chi connectivity index (χ4v) is 2.94. The van der Waals surface area contributed by atoms with Crippen molar-refractivity contribution in [3.8, 4) is 0 Å². The Balaban J connectivity index is 1.71. The molecule has 2 rings (SSSR count). The van der Waals surface area contributed by atoms with Crippen molar-refractivity contribution in [2.24, 2.45) is 0 Å². The van der Waals surface area contributed by atoms with Crippen LogP contribution in [0.3, 0.4) is 0 Å². The third-order valence-electron chi connectivity index (χ3n) is 3.58. The van der Waals surface area contributed by atoms with Gasteiger partial charge in [0.1, 0.15) is 0 Å². The van der Waals surface area contributed by atoms with Crippen molar-refractivity contribution in [1.29, 1.82) is 0 Å². The summed E-state index contributed by atoms with van der Waals surface area (Å²) in [6.07, 6.45) is 5.05. The minimum atomic E-state index is -4.09. The van der Waals surface area contributed by atoms with Crippen LogP contribution in [0.5, 0.6) is 0 Å². The van der Waals surface area contributed by atoms with Gasteiger partial charge in [0, 0.05) is 12.2 Å². The summed E-state index contributed by atoms with van der Waals surface area (Å²) >= 11 is 0. The molecule has 0 amide bonds. The van der Waals surface area contributed by atoms with Gasteiger partial charge in [0.25, 0.3) is 10.1 Å². The first kappa shape index (κ1) is 15.3. The Morgan fingerprint density at radius 1 is 1.10 bits per heavy atom. The maximum atomic E-state index is 10.9. The highest BCUT2D eigenvalue weighted by atomic mass is 32.2. The lowest BCUT2D eigenvalue weighted by atomic mass is 10.1. The van der Waals surface area contributed by atoms with Gasteiger partial charge in [-0.25, -0.2) is 0 Å². The third kappa shape index (κ3) is 4.77. The quantitative estimate of drug-likeness (QED) is 0.622. The lowest BCUT2D eigenvalue weighted by molar-refractivity contribution is 0.228. The maximum Gasteiger partial charge on any atom is 0.294 e. The van der Waals surface area contributed by atoms with Gasteiger partial charge in [0.15, 0.2) is 0 Å². The number of rotatable bonds is 6. The Morgan fingerprint density at radius 3 is 2.35 bits per heavy atom. The molecule has 1 heterocycles. The third-order valence-corrected chi connectivity index (χ3v) is 4.45. The second-order valence-electron chi connectivity index (χ2n) is 5.18. The standard InChI is InChI=1S/C14H22N2O3S/c17-20(18,19)14-7-5-13(6-8-14)15-9-4-12-16-10-2-1-3-11-16/h5-8,15H,1-4,9-12H2,(H,17,18,19). The molecule has 1 fully saturated rings. The van der Waals surface area contributed by atoms with Crippen LogP contribution in [0, 0.1) is 0 Å². The molecule has 6 heteroatoms. The predicted octanol–water partition coefficient (Wildman–Crippen LogP) is 2.22. The average molecular weight is 298 g/mol. The average Bonchev–Trinajstić information content (AvgIpc) is 2.44. The van der Waals surface area contributed by atoms with Gasteiger partial charge in [-0.15, -0.1) is 0 Å². The molecule has 0 aromatic heterocycles. The van der Waals surface area contributed by atoms with Crippen LogP contribution in [0.25, 0.3) is 0 Å². The predicted molar refractivity (Wildman–Crippen MR) is 79.7 cm³/mol. The molecule has 5 nitrogen and oxygen atoms in total. The fraction of sp³-hybridized carbons (Fsp3) is 0.571. The van der Waals surface area contributed by atoms with Crippen molar-refractivity contribution in [3.63, 3.8) is 0 Å². The monoisotopic (exact) mass is 298 g/mol. The molecule has 1 aliphatic heterocycles. The highest BCUT2D eigenvalue weighted by molar-refractivity contribution is 7.85. The van der Waals surface area contributed by atoms with Gasteiger partial charge in [-0.1, -0.05) is 6.42 Å². The summed E-state index contributed by atoms with van der Waals surface area (Å²) in [6.45, 7) is 4.39. The van der Waals surface area contributed by atoms with Crippen LogP contribution >= 0.6 is 0 Å². The van der Waals surface area contributed by atoms with Crippen molar-refractivity contribution < 1.29 is 13.0 Å². The first-order valence-electron chi connectivity index (χ1n) is 7.09. The van der Waals surface area contributed by atoms with Crippen LogP contribution in [0.1, 0.15) is 25.7 Å². The van der Waals surface area contributed by atoms with E-state index in [4.69, 9.17) is 4.55 Å². The molecule has 0 unspecified atom stereocenters. The summed E-state index contributed by atoms with van der Waals surface area (Å²) < 4.78 is 30.7. The summed E-state index contributed by atoms with van der Waals surface area (Å²) in [4.78, 5) is 2.42. The Hall–Kier alpha value is -1.11. The Morgan fingerprint density at radius 2 is 1.75 bits per heavy atom. The number of piperidine rings is 1. The van der Waals surface area contributed by atoms with Crippen LogP contribution in [-0.2, 0) is 10.1 Å². The van der Waals surface area contributed by atoms with Gasteiger partial charge in [-0.05, 0) is 63.2 Å². The minimum Gasteiger partial charge on any atom is -0.385 e. The molecular weight excluding hydrogens is 276 g/mol. The first-order chi connectivity index (χ1) is 9.55. The molecule has 1 saturated heterocycles. The largest absolute Gasteiger partial charge is 0.385 e. The van der Waals surface area contributed by atoms with E-state index in [1.807, 2.05) is 0 Å². The highest BCUT2D eigenvalue weighted by Gasteiger charge is 2.09. The van der Waals surface area contributed by atoms with Crippen molar-refractivity contribution in [2.45, 2.75) is 30.6 Å². The van der Waals surface area contributed by atoms with Crippen molar-refractivity contribution in [2.75, 3.05) is 31.5 Å². The van der Waals surface area contributed by atoms with Gasteiger partial charge in [-0.3, -0.25) is 4.55 Å². The maximum absolute atomic E-state index is 10.9. The number of anilines is 1. The van der Waals surface area contributed by atoms with Crippen LogP contribution < -0.4 is 5.32 Å². The molecule has 1 aromatic rings. The molecule has 0 bridgehead atoms. The van der Waals surface area contributed by atoms with E-state index >= 15 is 0 Å². The van der Waals surface area contributed by atoms with Gasteiger partial charge in [0.2, 0.25) is 0 Å². The topological polar surface area (TPSA) is 69.6 Å². The van der Waals surface area contributed by atoms with Crippen molar-refractivity contribution in [3.05, 3.63) is 24.3 Å². The van der Waals surface area contributed by atoms with E-state index in [-0.39, 0.29) is 4.90 Å². The molecule has 20 heavy (non-hydrogen) atoms. The van der Waals surface area contributed by atoms with Crippen LogP contribution in [-0.4, -0.2) is 44.0 Å². The van der Waals surface area contributed by atoms with E-state index in [9.17, 15) is 8.42 Å². The Bertz CT molecular complexity index is 508. The van der Waals surface area contributed by atoms with Gasteiger partial charge < -0.3 is 10.2 Å². The zero-order valence-corrected chi connectivity index (χ0v) is 12.4. The lowest BCUT2D eigenvalue weighted by Crippen LogP contribution is -2.31. The summed E-state index contributed by atoms with van der Waals surface area (Å²) in [6, 6.07) is 6.15. The minimum absolute atomic E-state index is 0.0728. The second kappa shape index (κ2) is 7.06. The zero-order valence-electron chi connectivity index (χ0n) is 11.6. The molecule has 0 aliphatic carbocycles. The molecule has 112 valence electrons. The van der Waals surface area contributed by atoms with Gasteiger partial charge >= 0.3 is 0 Å². The van der Waals surface area contributed by atoms with E-state index < -0.39 is 10.1 Å². The Labute approximate surface area is 120 Å². The van der Waals surface area contributed by atoms with Gasteiger partial charge in [0.05, 0.1) is 4.90 Å². The summed E-state index contributed by atoms with van der Waals surface area (Å²) in [5.41, 5.74) is 0.871. The molecule has 1 aliphatic rings. The molecule has 0 atom stereocenters. The first-order valence-corrected chi connectivity index (χ1v) is 8.53. The molecule has 1 aromatic carbocycles. The Kier molecular flexibility index (Phi) is 5.39. The van der Waals surface area contributed by atoms with Crippen LogP contribution in [0.2, 0.25) is 0 Å². The fourth-order valence-electron chi connectivity index (χ4n) is 2.46. The van der Waals surface area contributed by atoms with Crippen molar-refractivity contribution >= 4 is 15.8 Å². The van der Waals surface area contributed by atoms with Crippen LogP contribution in [0.4, 0.5) is 5.69 Å². The summed E-state index contributed by atoms with van der Waals surface area (Å²) in [7, 11) is -4.09. The van der Waals surface area contributed by atoms with E-state index in [0.29, 0.717) is 0 Å². The van der Waals surface area contributed by atoms with Gasteiger partial charge in [-0.2, -0.15) is 8.42 Å². The molecule has 0 saturated carbocycles. The van der Waals surface area contributed by atoms with E-state index in [0.717, 1.165) is 25.2 Å². The summed E-state index contributed by atoms with van der Waals surface area (Å²) in [5, 5.41) is 3.26. The second-order valence-corrected chi connectivity index (χ2v) is 6.60. The van der Waals surface area contributed by atoms with Crippen LogP contribution in [0.15, 0.2) is 29.2 Å². The van der Waals surface area contributed by atoms with E-state index in [2.05, 4.69) is 10.2 Å². The molecule has 2 N–H and O–H groups in total. The number of likely N-dealkylation sites (tertiary alicyclic amines) is 1. The van der Waals surface area contributed by atoms with E-state index in [1.165, 1.54) is 44.5 Å². The number of nitrogens with zero attached hydrogens (tertiary/aromatic N) is 1. The smallest absolute Gasteiger partial charge is 0.294 e. The molecule has 0 spiro atoms. The lowest BCUT2D eigenvalue weighted by Gasteiger charge is -2.26. The van der Waals surface area contributed by atoms with Crippen molar-refractivity contribution in [1.82, 2.24) is 4.90 Å². The number of hydrogen-bond acceptors (Lipinski definition) is 4. The molecular formula is C14H22N2O3S.